The Bertz CT molecular complexity index is 456. The summed E-state index contributed by atoms with van der Waals surface area (Å²) in [5.41, 5.74) is 7.22. The minimum atomic E-state index is -0.680. The Morgan fingerprint density at radius 2 is 2.12 bits per heavy atom. The van der Waals surface area contributed by atoms with Gasteiger partial charge in [0, 0.05) is 5.69 Å². The zero-order valence-corrected chi connectivity index (χ0v) is 9.08. The molecule has 2 unspecified atom stereocenters. The highest BCUT2D eigenvalue weighted by atomic mass is 16.1. The predicted octanol–water partition coefficient (Wildman–Crippen LogP) is 0.484. The minimum Gasteiger partial charge on any atom is -0.375 e. The summed E-state index contributed by atoms with van der Waals surface area (Å²) in [5.74, 6) is 0. The molecule has 0 radical (unpaired) electrons. The van der Waals surface area contributed by atoms with Gasteiger partial charge in [0.2, 0.25) is 0 Å². The summed E-state index contributed by atoms with van der Waals surface area (Å²) in [6, 6.07) is 8.42. The molecule has 0 spiro atoms. The van der Waals surface area contributed by atoms with Gasteiger partial charge >= 0.3 is 0 Å². The fraction of sp³-hybridized carbons (Fsp3) is 0.182. The Hall–Kier alpha value is -2.21. The van der Waals surface area contributed by atoms with Crippen molar-refractivity contribution in [3.63, 3.8) is 0 Å². The molecule has 2 atom stereocenters. The van der Waals surface area contributed by atoms with Crippen LogP contribution in [-0.4, -0.2) is 27.7 Å². The Labute approximate surface area is 98.2 Å². The second-order valence-electron chi connectivity index (χ2n) is 3.60. The third-order valence-corrected chi connectivity index (χ3v) is 2.39. The molecule has 17 heavy (non-hydrogen) atoms. The first kappa shape index (κ1) is 11.3. The molecule has 1 heterocycles. The van der Waals surface area contributed by atoms with E-state index in [1.54, 1.807) is 6.20 Å². The number of nitrogens with one attached hydrogen (secondary N) is 2. The van der Waals surface area contributed by atoms with E-state index in [2.05, 4.69) is 20.7 Å². The number of rotatable bonds is 5. The van der Waals surface area contributed by atoms with Gasteiger partial charge < -0.3 is 15.8 Å². The van der Waals surface area contributed by atoms with E-state index < -0.39 is 12.1 Å². The summed E-state index contributed by atoms with van der Waals surface area (Å²) < 4.78 is 0. The van der Waals surface area contributed by atoms with Gasteiger partial charge in [-0.15, -0.1) is 0 Å². The molecule has 0 fully saturated rings. The average Bonchev–Trinajstić information content (AvgIpc) is 2.90. The van der Waals surface area contributed by atoms with Gasteiger partial charge in [0.1, 0.15) is 12.0 Å². The molecule has 0 aliphatic heterocycles. The highest BCUT2D eigenvalue weighted by Gasteiger charge is 2.21. The summed E-state index contributed by atoms with van der Waals surface area (Å²) in [5, 5.41) is 13.3. The molecular formula is C11H13N5O. The number of aromatic amines is 1. The number of hydrogen-bond donors (Lipinski definition) is 3. The highest BCUT2D eigenvalue weighted by Crippen LogP contribution is 2.18. The molecule has 0 saturated carbocycles. The second kappa shape index (κ2) is 5.22. The van der Waals surface area contributed by atoms with Crippen LogP contribution in [0.2, 0.25) is 0 Å². The van der Waals surface area contributed by atoms with E-state index in [4.69, 9.17) is 5.73 Å². The van der Waals surface area contributed by atoms with E-state index >= 15 is 0 Å². The molecule has 2 rings (SSSR count). The minimum absolute atomic E-state index is 0.395. The number of anilines is 1. The lowest BCUT2D eigenvalue weighted by atomic mass is 10.1. The Morgan fingerprint density at radius 3 is 2.71 bits per heavy atom. The van der Waals surface area contributed by atoms with Gasteiger partial charge in [0.25, 0.3) is 0 Å². The van der Waals surface area contributed by atoms with Gasteiger partial charge in [-0.25, -0.2) is 0 Å². The zero-order chi connectivity index (χ0) is 12.1. The first-order valence-electron chi connectivity index (χ1n) is 5.19. The fourth-order valence-electron chi connectivity index (χ4n) is 1.52. The Morgan fingerprint density at radius 1 is 1.35 bits per heavy atom. The molecule has 0 bridgehead atoms. The number of carbonyl (C=O) groups excluding carboxylic acids is 1. The summed E-state index contributed by atoms with van der Waals surface area (Å²) in [7, 11) is 0. The van der Waals surface area contributed by atoms with Crippen LogP contribution in [0.15, 0.2) is 36.5 Å². The molecule has 0 aliphatic carbocycles. The number of hydrogen-bond acceptors (Lipinski definition) is 5. The molecule has 6 heteroatoms. The molecular weight excluding hydrogens is 218 g/mol. The summed E-state index contributed by atoms with van der Waals surface area (Å²) in [6.07, 6.45) is 2.24. The largest absolute Gasteiger partial charge is 0.375 e. The topological polar surface area (TPSA) is 96.7 Å². The number of nitrogens with zero attached hydrogens (tertiary/aromatic N) is 2. The normalized spacial score (nSPS) is 13.9. The van der Waals surface area contributed by atoms with Crippen LogP contribution in [0.3, 0.4) is 0 Å². The van der Waals surface area contributed by atoms with Crippen LogP contribution in [0.4, 0.5) is 5.69 Å². The third-order valence-electron chi connectivity index (χ3n) is 2.39. The number of para-hydroxylation sites is 1. The number of H-pyrrole nitrogens is 1. The number of aldehydes is 1. The summed E-state index contributed by atoms with van der Waals surface area (Å²) in [4.78, 5) is 10.8. The van der Waals surface area contributed by atoms with E-state index in [0.717, 1.165) is 5.69 Å². The van der Waals surface area contributed by atoms with E-state index in [0.29, 0.717) is 12.0 Å². The number of carbonyl (C=O) groups is 1. The first-order chi connectivity index (χ1) is 8.31. The van der Waals surface area contributed by atoms with Crippen LogP contribution < -0.4 is 11.1 Å². The molecule has 2 aromatic rings. The predicted molar refractivity (Wildman–Crippen MR) is 63.2 cm³/mol. The van der Waals surface area contributed by atoms with Crippen LogP contribution >= 0.6 is 0 Å². The van der Waals surface area contributed by atoms with Crippen LogP contribution in [0, 0.1) is 0 Å². The molecule has 0 saturated heterocycles. The Kier molecular flexibility index (Phi) is 3.46. The third kappa shape index (κ3) is 2.67. The lowest BCUT2D eigenvalue weighted by molar-refractivity contribution is -0.109. The maximum Gasteiger partial charge on any atom is 0.139 e. The second-order valence-corrected chi connectivity index (χ2v) is 3.60. The molecule has 1 aromatic carbocycles. The molecule has 1 aromatic heterocycles. The van der Waals surface area contributed by atoms with Crippen LogP contribution in [0.25, 0.3) is 0 Å². The van der Waals surface area contributed by atoms with E-state index in [1.807, 2.05) is 30.3 Å². The van der Waals surface area contributed by atoms with Crippen molar-refractivity contribution in [3.05, 3.63) is 42.2 Å². The lowest BCUT2D eigenvalue weighted by Crippen LogP contribution is -2.34. The van der Waals surface area contributed by atoms with Crippen molar-refractivity contribution >= 4 is 12.0 Å². The number of nitrogens with two attached hydrogens (primary N) is 1. The molecule has 0 aliphatic rings. The van der Waals surface area contributed by atoms with Crippen molar-refractivity contribution in [3.8, 4) is 0 Å². The van der Waals surface area contributed by atoms with Crippen molar-refractivity contribution in [1.29, 1.82) is 0 Å². The molecule has 88 valence electrons. The van der Waals surface area contributed by atoms with E-state index in [1.165, 1.54) is 0 Å². The van der Waals surface area contributed by atoms with E-state index in [-0.39, 0.29) is 0 Å². The van der Waals surface area contributed by atoms with Crippen molar-refractivity contribution < 1.29 is 4.79 Å². The zero-order valence-electron chi connectivity index (χ0n) is 9.08. The summed E-state index contributed by atoms with van der Waals surface area (Å²) in [6.45, 7) is 0. The fourth-order valence-corrected chi connectivity index (χ4v) is 1.52. The van der Waals surface area contributed by atoms with Crippen molar-refractivity contribution in [2.24, 2.45) is 5.73 Å². The number of benzene rings is 1. The maximum absolute atomic E-state index is 10.8. The molecule has 6 nitrogen and oxygen atoms in total. The van der Waals surface area contributed by atoms with Gasteiger partial charge in [-0.05, 0) is 12.1 Å². The molecule has 0 amide bonds. The molecule has 4 N–H and O–H groups in total. The maximum atomic E-state index is 10.8. The van der Waals surface area contributed by atoms with Crippen molar-refractivity contribution in [1.82, 2.24) is 15.4 Å². The van der Waals surface area contributed by atoms with Gasteiger partial charge in [0.05, 0.1) is 18.3 Å². The van der Waals surface area contributed by atoms with E-state index in [9.17, 15) is 4.79 Å². The van der Waals surface area contributed by atoms with Gasteiger partial charge in [-0.3, -0.25) is 0 Å². The standard InChI is InChI=1S/C11H13N5O/c12-9(7-17)11(10-6-13-16-15-10)14-8-4-2-1-3-5-8/h1-7,9,11,14H,12H2,(H,13,15,16). The first-order valence-corrected chi connectivity index (χ1v) is 5.19. The monoisotopic (exact) mass is 231 g/mol. The van der Waals surface area contributed by atoms with Gasteiger partial charge in [0.15, 0.2) is 0 Å². The highest BCUT2D eigenvalue weighted by molar-refractivity contribution is 5.61. The van der Waals surface area contributed by atoms with Crippen LogP contribution in [-0.2, 0) is 4.79 Å². The Balaban J connectivity index is 2.20. The summed E-state index contributed by atoms with van der Waals surface area (Å²) >= 11 is 0. The van der Waals surface area contributed by atoms with Crippen LogP contribution in [0.5, 0.6) is 0 Å². The average molecular weight is 231 g/mol. The van der Waals surface area contributed by atoms with Crippen molar-refractivity contribution in [2.75, 3.05) is 5.32 Å². The van der Waals surface area contributed by atoms with Crippen LogP contribution in [0.1, 0.15) is 11.7 Å². The van der Waals surface area contributed by atoms with Gasteiger partial charge in [-0.2, -0.15) is 15.4 Å². The lowest BCUT2D eigenvalue weighted by Gasteiger charge is -2.20. The van der Waals surface area contributed by atoms with Crippen molar-refractivity contribution in [2.45, 2.75) is 12.1 Å². The SMILES string of the molecule is NC(C=O)C(Nc1ccccc1)c1cn[nH]n1. The quantitative estimate of drug-likeness (QED) is 0.650. The smallest absolute Gasteiger partial charge is 0.139 e. The van der Waals surface area contributed by atoms with Gasteiger partial charge in [-0.1, -0.05) is 18.2 Å². The number of aromatic nitrogens is 3.